The molecule has 5 heteroatoms. The Morgan fingerprint density at radius 3 is 2.68 bits per heavy atom. The average molecular weight is 483 g/mol. The fourth-order valence-electron chi connectivity index (χ4n) is 5.71. The summed E-state index contributed by atoms with van der Waals surface area (Å²) < 4.78 is 12.5. The molecule has 0 radical (unpaired) electrons. The summed E-state index contributed by atoms with van der Waals surface area (Å²) >= 11 is 6.00. The standard InChI is InChI=1S/C29H35ClO4/c30-24-14-12-23(13-15-24)19-33-20-25-26(10-6-1-2-7-11-28(31)32)29(18-27(25)34-21-29)17-16-22-8-4-3-5-9-22/h1,3-6,8-9,12-15,25-27H,2,7,10-11,16-21H2,(H,31,32)/t25-,26-,27-,29-/m1/s1. The Kier molecular flexibility index (Phi) is 8.82. The molecule has 4 atom stereocenters. The molecule has 2 aromatic rings. The number of rotatable bonds is 13. The summed E-state index contributed by atoms with van der Waals surface area (Å²) in [5.41, 5.74) is 2.69. The van der Waals surface area contributed by atoms with E-state index in [1.165, 1.54) is 5.56 Å². The predicted octanol–water partition coefficient (Wildman–Crippen LogP) is 6.71. The molecule has 1 aliphatic carbocycles. The van der Waals surface area contributed by atoms with Crippen LogP contribution in [0.15, 0.2) is 66.7 Å². The number of hydrogen-bond acceptors (Lipinski definition) is 3. The maximum Gasteiger partial charge on any atom is 0.303 e. The van der Waals surface area contributed by atoms with Crippen LogP contribution < -0.4 is 0 Å². The van der Waals surface area contributed by atoms with E-state index in [0.717, 1.165) is 49.3 Å². The van der Waals surface area contributed by atoms with Crippen molar-refractivity contribution >= 4 is 17.6 Å². The molecular formula is C29H35ClO4. The Morgan fingerprint density at radius 2 is 1.91 bits per heavy atom. The maximum absolute atomic E-state index is 10.8. The number of carboxylic acid groups (broad SMARTS) is 1. The summed E-state index contributed by atoms with van der Waals surface area (Å²) in [5, 5.41) is 9.59. The van der Waals surface area contributed by atoms with Crippen molar-refractivity contribution in [1.29, 1.82) is 0 Å². The van der Waals surface area contributed by atoms with Gasteiger partial charge in [0.15, 0.2) is 0 Å². The summed E-state index contributed by atoms with van der Waals surface area (Å²) in [4.78, 5) is 10.8. The van der Waals surface area contributed by atoms with Crippen LogP contribution >= 0.6 is 11.6 Å². The van der Waals surface area contributed by atoms with E-state index in [1.807, 2.05) is 24.3 Å². The van der Waals surface area contributed by atoms with Gasteiger partial charge in [0.05, 0.1) is 25.9 Å². The van der Waals surface area contributed by atoms with Crippen LogP contribution in [0.4, 0.5) is 0 Å². The number of hydrogen-bond donors (Lipinski definition) is 1. The minimum Gasteiger partial charge on any atom is -0.481 e. The van der Waals surface area contributed by atoms with Crippen molar-refractivity contribution in [3.63, 3.8) is 0 Å². The van der Waals surface area contributed by atoms with E-state index in [-0.39, 0.29) is 17.9 Å². The number of unbranched alkanes of at least 4 members (excludes halogenated alkanes) is 1. The maximum atomic E-state index is 10.8. The average Bonchev–Trinajstić information content (AvgIpc) is 3.39. The van der Waals surface area contributed by atoms with Gasteiger partial charge < -0.3 is 14.6 Å². The first kappa shape index (κ1) is 25.0. The van der Waals surface area contributed by atoms with Gasteiger partial charge in [-0.3, -0.25) is 4.79 Å². The largest absolute Gasteiger partial charge is 0.481 e. The molecule has 1 heterocycles. The first-order valence-corrected chi connectivity index (χ1v) is 12.8. The summed E-state index contributed by atoms with van der Waals surface area (Å²) in [6, 6.07) is 18.5. The number of allylic oxidation sites excluding steroid dienone is 2. The van der Waals surface area contributed by atoms with Crippen molar-refractivity contribution in [2.24, 2.45) is 17.3 Å². The molecule has 4 nitrogen and oxygen atoms in total. The van der Waals surface area contributed by atoms with Crippen molar-refractivity contribution in [3.8, 4) is 0 Å². The lowest BCUT2D eigenvalue weighted by molar-refractivity contribution is -0.137. The van der Waals surface area contributed by atoms with Gasteiger partial charge in [0.1, 0.15) is 0 Å². The molecule has 182 valence electrons. The summed E-state index contributed by atoms with van der Waals surface area (Å²) in [5.74, 6) is 0.160. The Morgan fingerprint density at radius 1 is 1.12 bits per heavy atom. The van der Waals surface area contributed by atoms with Crippen molar-refractivity contribution in [3.05, 3.63) is 82.9 Å². The fraction of sp³-hybridized carbons (Fsp3) is 0.483. The lowest BCUT2D eigenvalue weighted by Crippen LogP contribution is -2.38. The molecule has 2 aliphatic rings. The van der Waals surface area contributed by atoms with Crippen LogP contribution in [-0.4, -0.2) is 30.4 Å². The first-order chi connectivity index (χ1) is 16.6. The molecule has 1 saturated heterocycles. The number of halogens is 1. The quantitative estimate of drug-likeness (QED) is 0.254. The van der Waals surface area contributed by atoms with Gasteiger partial charge in [-0.1, -0.05) is 66.2 Å². The monoisotopic (exact) mass is 482 g/mol. The Labute approximate surface area is 207 Å². The zero-order valence-electron chi connectivity index (χ0n) is 19.7. The van der Waals surface area contributed by atoms with E-state index < -0.39 is 5.97 Å². The minimum atomic E-state index is -0.726. The zero-order chi connectivity index (χ0) is 23.8. The van der Waals surface area contributed by atoms with Gasteiger partial charge in [-0.25, -0.2) is 0 Å². The van der Waals surface area contributed by atoms with Crippen molar-refractivity contribution < 1.29 is 19.4 Å². The highest BCUT2D eigenvalue weighted by atomic mass is 35.5. The Balaban J connectivity index is 1.39. The smallest absolute Gasteiger partial charge is 0.303 e. The molecule has 0 aromatic heterocycles. The van der Waals surface area contributed by atoms with Gasteiger partial charge in [0.25, 0.3) is 0 Å². The highest BCUT2D eigenvalue weighted by Crippen LogP contribution is 2.57. The number of carboxylic acids is 1. The summed E-state index contributed by atoms with van der Waals surface area (Å²) in [6.45, 7) is 2.10. The highest BCUT2D eigenvalue weighted by molar-refractivity contribution is 6.30. The summed E-state index contributed by atoms with van der Waals surface area (Å²) in [6.07, 6.45) is 10.7. The Bertz CT molecular complexity index is 942. The van der Waals surface area contributed by atoms with Gasteiger partial charge in [0, 0.05) is 22.8 Å². The van der Waals surface area contributed by atoms with Gasteiger partial charge in [-0.2, -0.15) is 0 Å². The SMILES string of the molecule is O=C(O)CCCC=CC[C@@H]1[C@@H](COCc2ccc(Cl)cc2)[C@H]2C[C@]1(CCc1ccccc1)CO2. The molecule has 1 saturated carbocycles. The highest BCUT2D eigenvalue weighted by Gasteiger charge is 2.57. The van der Waals surface area contributed by atoms with Crippen LogP contribution in [0.1, 0.15) is 49.7 Å². The lowest BCUT2D eigenvalue weighted by atomic mass is 9.70. The number of benzene rings is 2. The van der Waals surface area contributed by atoms with Crippen LogP contribution in [0, 0.1) is 17.3 Å². The van der Waals surface area contributed by atoms with E-state index in [2.05, 4.69) is 42.5 Å². The molecule has 2 aromatic carbocycles. The number of fused-ring (bicyclic) bond motifs is 2. The number of aryl methyl sites for hydroxylation is 1. The summed E-state index contributed by atoms with van der Waals surface area (Å²) in [7, 11) is 0. The van der Waals surface area contributed by atoms with Crippen LogP contribution in [0.2, 0.25) is 5.02 Å². The van der Waals surface area contributed by atoms with Gasteiger partial charge >= 0.3 is 5.97 Å². The lowest BCUT2D eigenvalue weighted by Gasteiger charge is -2.39. The molecule has 2 bridgehead atoms. The van der Waals surface area contributed by atoms with Crippen LogP contribution in [0.25, 0.3) is 0 Å². The third kappa shape index (κ3) is 6.50. The molecule has 34 heavy (non-hydrogen) atoms. The van der Waals surface area contributed by atoms with E-state index in [1.54, 1.807) is 0 Å². The third-order valence-electron chi connectivity index (χ3n) is 7.54. The number of carbonyl (C=O) groups is 1. The molecule has 0 amide bonds. The first-order valence-electron chi connectivity index (χ1n) is 12.4. The Hall–Kier alpha value is -2.14. The predicted molar refractivity (Wildman–Crippen MR) is 135 cm³/mol. The number of ether oxygens (including phenoxy) is 2. The van der Waals surface area contributed by atoms with E-state index in [0.29, 0.717) is 31.5 Å². The topological polar surface area (TPSA) is 55.8 Å². The van der Waals surface area contributed by atoms with Crippen molar-refractivity contribution in [2.75, 3.05) is 13.2 Å². The number of aliphatic carboxylic acids is 1. The van der Waals surface area contributed by atoms with E-state index in [9.17, 15) is 4.79 Å². The fourth-order valence-corrected chi connectivity index (χ4v) is 5.84. The van der Waals surface area contributed by atoms with Gasteiger partial charge in [-0.05, 0) is 67.7 Å². The normalized spacial score (nSPS) is 25.9. The molecule has 2 fully saturated rings. The van der Waals surface area contributed by atoms with Gasteiger partial charge in [0.2, 0.25) is 0 Å². The second kappa shape index (κ2) is 12.0. The van der Waals surface area contributed by atoms with E-state index in [4.69, 9.17) is 26.2 Å². The molecule has 1 N–H and O–H groups in total. The third-order valence-corrected chi connectivity index (χ3v) is 7.79. The molecule has 0 spiro atoms. The van der Waals surface area contributed by atoms with E-state index >= 15 is 0 Å². The van der Waals surface area contributed by atoms with Crippen LogP contribution in [-0.2, 0) is 27.3 Å². The zero-order valence-corrected chi connectivity index (χ0v) is 20.5. The van der Waals surface area contributed by atoms with Crippen molar-refractivity contribution in [2.45, 2.75) is 57.7 Å². The van der Waals surface area contributed by atoms with Crippen LogP contribution in [0.3, 0.4) is 0 Å². The molecule has 4 rings (SSSR count). The van der Waals surface area contributed by atoms with Crippen LogP contribution in [0.5, 0.6) is 0 Å². The molecule has 1 aliphatic heterocycles. The minimum absolute atomic E-state index is 0.181. The van der Waals surface area contributed by atoms with Crippen molar-refractivity contribution in [1.82, 2.24) is 0 Å². The second-order valence-corrected chi connectivity index (χ2v) is 10.2. The molecular weight excluding hydrogens is 448 g/mol. The second-order valence-electron chi connectivity index (χ2n) is 9.81. The molecule has 0 unspecified atom stereocenters. The van der Waals surface area contributed by atoms with Gasteiger partial charge in [-0.15, -0.1) is 0 Å².